The Hall–Kier alpha value is -2.88. The lowest BCUT2D eigenvalue weighted by Gasteiger charge is -2.26. The quantitative estimate of drug-likeness (QED) is 0.674. The number of carbonyl (C=O) groups excluding carboxylic acids is 1. The number of amides is 1. The van der Waals surface area contributed by atoms with Gasteiger partial charge in [0.1, 0.15) is 5.69 Å². The molecule has 0 fully saturated rings. The predicted octanol–water partition coefficient (Wildman–Crippen LogP) is 4.98. The Morgan fingerprint density at radius 2 is 1.78 bits per heavy atom. The highest BCUT2D eigenvalue weighted by molar-refractivity contribution is 6.00. The molecule has 0 aliphatic carbocycles. The first-order chi connectivity index (χ1) is 13.2. The highest BCUT2D eigenvalue weighted by Crippen LogP contribution is 2.42. The molecule has 2 aromatic carbocycles. The Kier molecular flexibility index (Phi) is 4.80. The van der Waals surface area contributed by atoms with Gasteiger partial charge in [0.2, 0.25) is 0 Å². The van der Waals surface area contributed by atoms with E-state index in [-0.39, 0.29) is 11.9 Å². The van der Waals surface area contributed by atoms with Crippen LogP contribution in [-0.2, 0) is 6.42 Å². The lowest BCUT2D eigenvalue weighted by Crippen LogP contribution is -2.30. The maximum Gasteiger partial charge on any atom is 0.273 e. The number of unbranched alkanes of at least 4 members (excludes halogenated alkanes) is 1. The second-order valence-electron chi connectivity index (χ2n) is 7.08. The Balaban J connectivity index is 1.83. The highest BCUT2D eigenvalue weighted by Gasteiger charge is 2.41. The van der Waals surface area contributed by atoms with E-state index in [0.29, 0.717) is 5.69 Å². The average molecular weight is 359 g/mol. The highest BCUT2D eigenvalue weighted by atomic mass is 16.2. The van der Waals surface area contributed by atoms with Crippen LogP contribution in [0.1, 0.15) is 59.9 Å². The van der Waals surface area contributed by atoms with Crippen molar-refractivity contribution in [3.8, 4) is 11.3 Å². The third kappa shape index (κ3) is 3.05. The summed E-state index contributed by atoms with van der Waals surface area (Å²) >= 11 is 0. The van der Waals surface area contributed by atoms with Crippen molar-refractivity contribution in [3.63, 3.8) is 0 Å². The van der Waals surface area contributed by atoms with Crippen molar-refractivity contribution in [1.29, 1.82) is 0 Å². The van der Waals surface area contributed by atoms with E-state index in [2.05, 4.69) is 48.3 Å². The van der Waals surface area contributed by atoms with Crippen LogP contribution in [0.5, 0.6) is 0 Å². The van der Waals surface area contributed by atoms with Crippen molar-refractivity contribution in [2.75, 3.05) is 6.54 Å². The molecule has 0 spiro atoms. The summed E-state index contributed by atoms with van der Waals surface area (Å²) in [4.78, 5) is 15.1. The summed E-state index contributed by atoms with van der Waals surface area (Å²) in [5.74, 6) is 0.0534. The number of hydrogen-bond acceptors (Lipinski definition) is 2. The lowest BCUT2D eigenvalue weighted by molar-refractivity contribution is 0.0741. The number of H-pyrrole nitrogens is 1. The first-order valence-electron chi connectivity index (χ1n) is 9.78. The molecular formula is C23H25N3O. The molecule has 1 aliphatic rings. The van der Waals surface area contributed by atoms with E-state index in [1.165, 1.54) is 5.56 Å². The van der Waals surface area contributed by atoms with E-state index in [9.17, 15) is 4.79 Å². The Morgan fingerprint density at radius 3 is 2.44 bits per heavy atom. The van der Waals surface area contributed by atoms with E-state index in [4.69, 9.17) is 0 Å². The van der Waals surface area contributed by atoms with Crippen LogP contribution in [0.15, 0.2) is 54.6 Å². The monoisotopic (exact) mass is 359 g/mol. The molecule has 138 valence electrons. The van der Waals surface area contributed by atoms with Crippen LogP contribution in [0.4, 0.5) is 0 Å². The van der Waals surface area contributed by atoms with E-state index in [1.807, 2.05) is 35.2 Å². The standard InChI is InChI=1S/C23H25N3O/c1-3-5-15-26-22(18-13-11-16(4-2)12-14-18)19-20(17-9-7-6-8-10-17)24-25-21(19)23(26)27/h6-14,22H,3-5,15H2,1-2H3,(H,24,25). The summed E-state index contributed by atoms with van der Waals surface area (Å²) in [7, 11) is 0. The van der Waals surface area contributed by atoms with Gasteiger partial charge < -0.3 is 4.90 Å². The Bertz CT molecular complexity index is 928. The van der Waals surface area contributed by atoms with E-state index < -0.39 is 0 Å². The fourth-order valence-corrected chi connectivity index (χ4v) is 3.85. The maximum atomic E-state index is 13.1. The van der Waals surface area contributed by atoms with Gasteiger partial charge in [-0.2, -0.15) is 5.10 Å². The predicted molar refractivity (Wildman–Crippen MR) is 108 cm³/mol. The summed E-state index contributed by atoms with van der Waals surface area (Å²) in [5.41, 5.74) is 6.01. The SMILES string of the molecule is CCCCN1C(=O)c2[nH]nc(-c3ccccc3)c2C1c1ccc(CC)cc1. The molecule has 1 N–H and O–H groups in total. The van der Waals surface area contributed by atoms with Gasteiger partial charge in [-0.3, -0.25) is 9.89 Å². The van der Waals surface area contributed by atoms with Crippen LogP contribution < -0.4 is 0 Å². The Morgan fingerprint density at radius 1 is 1.04 bits per heavy atom. The number of carbonyl (C=O) groups is 1. The number of aromatic nitrogens is 2. The number of benzene rings is 2. The summed E-state index contributed by atoms with van der Waals surface area (Å²) in [6.07, 6.45) is 3.06. The van der Waals surface area contributed by atoms with E-state index in [0.717, 1.165) is 48.2 Å². The number of hydrogen-bond donors (Lipinski definition) is 1. The van der Waals surface area contributed by atoms with Crippen LogP contribution in [0.25, 0.3) is 11.3 Å². The molecule has 4 heteroatoms. The van der Waals surface area contributed by atoms with Crippen molar-refractivity contribution in [3.05, 3.63) is 77.0 Å². The van der Waals surface area contributed by atoms with Crippen molar-refractivity contribution >= 4 is 5.91 Å². The molecule has 2 heterocycles. The normalized spacial score (nSPS) is 16.0. The van der Waals surface area contributed by atoms with Gasteiger partial charge in [0.15, 0.2) is 0 Å². The fraction of sp³-hybridized carbons (Fsp3) is 0.304. The molecular weight excluding hydrogens is 334 g/mol. The third-order valence-corrected chi connectivity index (χ3v) is 5.37. The van der Waals surface area contributed by atoms with Gasteiger partial charge >= 0.3 is 0 Å². The molecule has 1 aromatic heterocycles. The van der Waals surface area contributed by atoms with Crippen LogP contribution in [0, 0.1) is 0 Å². The molecule has 0 bridgehead atoms. The minimum absolute atomic E-state index is 0.0534. The first kappa shape index (κ1) is 17.5. The zero-order chi connectivity index (χ0) is 18.8. The van der Waals surface area contributed by atoms with Crippen LogP contribution >= 0.6 is 0 Å². The number of aromatic amines is 1. The number of rotatable bonds is 6. The molecule has 0 saturated heterocycles. The second kappa shape index (κ2) is 7.39. The molecule has 1 aliphatic heterocycles. The third-order valence-electron chi connectivity index (χ3n) is 5.37. The second-order valence-corrected chi connectivity index (χ2v) is 7.08. The van der Waals surface area contributed by atoms with Gasteiger partial charge in [-0.15, -0.1) is 0 Å². The van der Waals surface area contributed by atoms with E-state index >= 15 is 0 Å². The number of nitrogens with one attached hydrogen (secondary N) is 1. The summed E-state index contributed by atoms with van der Waals surface area (Å²) < 4.78 is 0. The molecule has 4 nitrogen and oxygen atoms in total. The summed E-state index contributed by atoms with van der Waals surface area (Å²) in [5, 5.41) is 7.53. The zero-order valence-corrected chi connectivity index (χ0v) is 15.9. The number of nitrogens with zero attached hydrogens (tertiary/aromatic N) is 2. The molecule has 1 atom stereocenters. The number of aryl methyl sites for hydroxylation is 1. The van der Waals surface area contributed by atoms with Crippen LogP contribution in [-0.4, -0.2) is 27.5 Å². The van der Waals surface area contributed by atoms with Crippen molar-refractivity contribution in [2.24, 2.45) is 0 Å². The molecule has 0 saturated carbocycles. The van der Waals surface area contributed by atoms with E-state index in [1.54, 1.807) is 0 Å². The van der Waals surface area contributed by atoms with Crippen molar-refractivity contribution in [1.82, 2.24) is 15.1 Å². The number of fused-ring (bicyclic) bond motifs is 1. The van der Waals surface area contributed by atoms with Gasteiger partial charge in [0, 0.05) is 17.7 Å². The maximum absolute atomic E-state index is 13.1. The van der Waals surface area contributed by atoms with Crippen molar-refractivity contribution in [2.45, 2.75) is 39.2 Å². The van der Waals surface area contributed by atoms with Gasteiger partial charge in [0.05, 0.1) is 11.7 Å². The topological polar surface area (TPSA) is 49.0 Å². The molecule has 27 heavy (non-hydrogen) atoms. The fourth-order valence-electron chi connectivity index (χ4n) is 3.85. The van der Waals surface area contributed by atoms with Gasteiger partial charge in [-0.1, -0.05) is 74.9 Å². The smallest absolute Gasteiger partial charge is 0.273 e. The van der Waals surface area contributed by atoms with Crippen molar-refractivity contribution < 1.29 is 4.79 Å². The molecule has 1 unspecified atom stereocenters. The van der Waals surface area contributed by atoms with Crippen LogP contribution in [0.3, 0.4) is 0 Å². The zero-order valence-electron chi connectivity index (χ0n) is 15.9. The van der Waals surface area contributed by atoms with Crippen LogP contribution in [0.2, 0.25) is 0 Å². The Labute approximate surface area is 160 Å². The summed E-state index contributed by atoms with van der Waals surface area (Å²) in [6.45, 7) is 5.07. The molecule has 4 rings (SSSR count). The minimum atomic E-state index is -0.0843. The first-order valence-corrected chi connectivity index (χ1v) is 9.78. The van der Waals surface area contributed by atoms with Gasteiger partial charge in [-0.05, 0) is 24.0 Å². The van der Waals surface area contributed by atoms with Gasteiger partial charge in [-0.25, -0.2) is 0 Å². The molecule has 3 aromatic rings. The largest absolute Gasteiger partial charge is 0.326 e. The lowest BCUT2D eigenvalue weighted by atomic mass is 9.95. The molecule has 0 radical (unpaired) electrons. The van der Waals surface area contributed by atoms with Gasteiger partial charge in [0.25, 0.3) is 5.91 Å². The molecule has 1 amide bonds. The summed E-state index contributed by atoms with van der Waals surface area (Å²) in [6, 6.07) is 18.7. The average Bonchev–Trinajstić information content (AvgIpc) is 3.26. The minimum Gasteiger partial charge on any atom is -0.326 e.